The summed E-state index contributed by atoms with van der Waals surface area (Å²) in [6, 6.07) is 7.61. The fraction of sp³-hybridized carbons (Fsp3) is 0.400. The molecule has 0 bridgehead atoms. The topological polar surface area (TPSA) is 48.1 Å². The molecule has 0 radical (unpaired) electrons. The molecule has 0 saturated heterocycles. The lowest BCUT2D eigenvalue weighted by molar-refractivity contribution is -0.138. The summed E-state index contributed by atoms with van der Waals surface area (Å²) in [7, 11) is 0. The van der Waals surface area contributed by atoms with Gasteiger partial charge in [-0.25, -0.2) is 0 Å². The molecule has 0 aromatic heterocycles. The number of hydrogen-bond acceptors (Lipinski definition) is 4. The standard InChI is InChI=1S/2C10H11F3N2/c2*11-10(12,13)8-2-1-7-6-14-3-4-15-9(7)5-8/h2*1-2,5,14-15H,3-4,6H2. The van der Waals surface area contributed by atoms with E-state index in [1.54, 1.807) is 0 Å². The van der Waals surface area contributed by atoms with Crippen LogP contribution in [0.4, 0.5) is 37.7 Å². The number of hydrogen-bond donors (Lipinski definition) is 4. The predicted octanol–water partition coefficient (Wildman–Crippen LogP) is 4.44. The van der Waals surface area contributed by atoms with Gasteiger partial charge in [-0.15, -0.1) is 0 Å². The minimum absolute atomic E-state index is 0.579. The highest BCUT2D eigenvalue weighted by molar-refractivity contribution is 5.55. The third kappa shape index (κ3) is 5.79. The molecule has 2 aliphatic heterocycles. The lowest BCUT2D eigenvalue weighted by Crippen LogP contribution is -2.16. The van der Waals surface area contributed by atoms with Crippen LogP contribution in [0.3, 0.4) is 0 Å². The van der Waals surface area contributed by atoms with E-state index in [4.69, 9.17) is 0 Å². The molecular weight excluding hydrogens is 410 g/mol. The van der Waals surface area contributed by atoms with Crippen LogP contribution in [0.15, 0.2) is 36.4 Å². The van der Waals surface area contributed by atoms with Gasteiger partial charge in [0.1, 0.15) is 0 Å². The molecule has 0 spiro atoms. The highest BCUT2D eigenvalue weighted by Crippen LogP contribution is 2.33. The van der Waals surface area contributed by atoms with Crippen LogP contribution in [0.25, 0.3) is 0 Å². The van der Waals surface area contributed by atoms with Crippen molar-refractivity contribution < 1.29 is 26.3 Å². The lowest BCUT2D eigenvalue weighted by Gasteiger charge is -2.11. The number of benzene rings is 2. The van der Waals surface area contributed by atoms with E-state index in [1.807, 2.05) is 0 Å². The van der Waals surface area contributed by atoms with Gasteiger partial charge in [0.05, 0.1) is 11.1 Å². The zero-order chi connectivity index (χ0) is 21.8. The summed E-state index contributed by atoms with van der Waals surface area (Å²) in [4.78, 5) is 0. The van der Waals surface area contributed by atoms with Crippen molar-refractivity contribution in [3.05, 3.63) is 58.7 Å². The second kappa shape index (κ2) is 9.13. The zero-order valence-electron chi connectivity index (χ0n) is 16.0. The first-order valence-corrected chi connectivity index (χ1v) is 9.44. The Morgan fingerprint density at radius 3 is 1.33 bits per heavy atom. The Morgan fingerprint density at radius 1 is 0.567 bits per heavy atom. The van der Waals surface area contributed by atoms with Gasteiger partial charge < -0.3 is 21.3 Å². The lowest BCUT2D eigenvalue weighted by atomic mass is 10.1. The van der Waals surface area contributed by atoms with Gasteiger partial charge in [-0.05, 0) is 35.4 Å². The maximum absolute atomic E-state index is 12.4. The van der Waals surface area contributed by atoms with Gasteiger partial charge >= 0.3 is 12.4 Å². The molecule has 0 amide bonds. The molecule has 2 aromatic rings. The summed E-state index contributed by atoms with van der Waals surface area (Å²) in [5.41, 5.74) is 1.71. The second-order valence-electron chi connectivity index (χ2n) is 6.95. The summed E-state index contributed by atoms with van der Waals surface area (Å²) in [6.07, 6.45) is -8.53. The van der Waals surface area contributed by atoms with Gasteiger partial charge in [-0.2, -0.15) is 26.3 Å². The van der Waals surface area contributed by atoms with Crippen molar-refractivity contribution in [1.29, 1.82) is 0 Å². The van der Waals surface area contributed by atoms with Gasteiger partial charge in [0, 0.05) is 50.6 Å². The molecule has 2 aliphatic rings. The van der Waals surface area contributed by atoms with Crippen LogP contribution in [0.1, 0.15) is 22.3 Å². The SMILES string of the molecule is FC(F)(F)c1ccc2c(c1)NCCNC2.FC(F)(F)c1ccc2c(c1)NCCNC2. The molecule has 0 saturated carbocycles. The van der Waals surface area contributed by atoms with Crippen molar-refractivity contribution >= 4 is 11.4 Å². The van der Waals surface area contributed by atoms with Crippen LogP contribution >= 0.6 is 0 Å². The smallest absolute Gasteiger partial charge is 0.383 e. The molecule has 4 rings (SSSR count). The number of anilines is 2. The Bertz CT molecular complexity index is 792. The average molecular weight is 432 g/mol. The number of nitrogens with one attached hydrogen (secondary N) is 4. The van der Waals surface area contributed by atoms with Crippen molar-refractivity contribution in [2.24, 2.45) is 0 Å². The summed E-state index contributed by atoms with van der Waals surface area (Å²) in [5.74, 6) is 0. The zero-order valence-corrected chi connectivity index (χ0v) is 16.0. The maximum atomic E-state index is 12.4. The largest absolute Gasteiger partial charge is 0.416 e. The van der Waals surface area contributed by atoms with Crippen LogP contribution in [-0.2, 0) is 25.4 Å². The van der Waals surface area contributed by atoms with Crippen LogP contribution in [0.5, 0.6) is 0 Å². The van der Waals surface area contributed by atoms with Crippen molar-refractivity contribution in [3.63, 3.8) is 0 Å². The molecule has 2 heterocycles. The van der Waals surface area contributed by atoms with Crippen molar-refractivity contribution in [2.45, 2.75) is 25.4 Å². The molecule has 164 valence electrons. The van der Waals surface area contributed by atoms with E-state index in [1.165, 1.54) is 24.3 Å². The molecule has 0 atom stereocenters. The number of alkyl halides is 6. The number of halogens is 6. The Labute approximate surface area is 170 Å². The minimum atomic E-state index is -4.27. The summed E-state index contributed by atoms with van der Waals surface area (Å²) in [5, 5.41) is 12.2. The maximum Gasteiger partial charge on any atom is 0.416 e. The summed E-state index contributed by atoms with van der Waals surface area (Å²) >= 11 is 0. The van der Waals surface area contributed by atoms with Crippen molar-refractivity contribution in [3.8, 4) is 0 Å². The van der Waals surface area contributed by atoms with Crippen LogP contribution in [0.2, 0.25) is 0 Å². The molecule has 0 unspecified atom stereocenters. The van der Waals surface area contributed by atoms with E-state index in [2.05, 4.69) is 21.3 Å². The van der Waals surface area contributed by atoms with Gasteiger partial charge in [-0.1, -0.05) is 12.1 Å². The van der Waals surface area contributed by atoms with Gasteiger partial charge in [-0.3, -0.25) is 0 Å². The van der Waals surface area contributed by atoms with Gasteiger partial charge in [0.25, 0.3) is 0 Å². The first-order chi connectivity index (χ1) is 14.1. The fourth-order valence-electron chi connectivity index (χ4n) is 3.16. The third-order valence-electron chi connectivity index (χ3n) is 4.74. The fourth-order valence-corrected chi connectivity index (χ4v) is 3.16. The predicted molar refractivity (Wildman–Crippen MR) is 103 cm³/mol. The summed E-state index contributed by atoms with van der Waals surface area (Å²) < 4.78 is 74.5. The Kier molecular flexibility index (Phi) is 6.77. The molecule has 4 N–H and O–H groups in total. The number of rotatable bonds is 0. The Hall–Kier alpha value is -2.46. The van der Waals surface area contributed by atoms with Crippen molar-refractivity contribution in [1.82, 2.24) is 10.6 Å². The number of fused-ring (bicyclic) bond motifs is 2. The van der Waals surface area contributed by atoms with E-state index >= 15 is 0 Å². The molecular formula is C20H22F6N4. The second-order valence-corrected chi connectivity index (χ2v) is 6.95. The van der Waals surface area contributed by atoms with E-state index in [9.17, 15) is 26.3 Å². The van der Waals surface area contributed by atoms with Crippen LogP contribution < -0.4 is 21.3 Å². The van der Waals surface area contributed by atoms with Crippen LogP contribution in [0, 0.1) is 0 Å². The van der Waals surface area contributed by atoms with E-state index in [0.29, 0.717) is 37.6 Å². The Morgan fingerprint density at radius 2 is 0.967 bits per heavy atom. The van der Waals surface area contributed by atoms with E-state index in [-0.39, 0.29) is 0 Å². The van der Waals surface area contributed by atoms with Gasteiger partial charge in [0.2, 0.25) is 0 Å². The molecule has 10 heteroatoms. The van der Waals surface area contributed by atoms with E-state index < -0.39 is 23.5 Å². The molecule has 2 aromatic carbocycles. The molecule has 30 heavy (non-hydrogen) atoms. The van der Waals surface area contributed by atoms with Crippen molar-refractivity contribution in [2.75, 3.05) is 36.8 Å². The average Bonchev–Trinajstić information content (AvgIpc) is 3.06. The first-order valence-electron chi connectivity index (χ1n) is 9.44. The highest BCUT2D eigenvalue weighted by atomic mass is 19.4. The minimum Gasteiger partial charge on any atom is -0.383 e. The third-order valence-corrected chi connectivity index (χ3v) is 4.74. The normalized spacial score (nSPS) is 16.5. The first kappa shape index (κ1) is 22.2. The molecule has 0 fully saturated rings. The van der Waals surface area contributed by atoms with E-state index in [0.717, 1.165) is 36.3 Å². The van der Waals surface area contributed by atoms with Gasteiger partial charge in [0.15, 0.2) is 0 Å². The summed E-state index contributed by atoms with van der Waals surface area (Å²) in [6.45, 7) is 4.04. The molecule has 0 aliphatic carbocycles. The quantitative estimate of drug-likeness (QED) is 0.465. The molecule has 4 nitrogen and oxygen atoms in total. The Balaban J connectivity index is 0.000000171. The monoisotopic (exact) mass is 432 g/mol. The van der Waals surface area contributed by atoms with Crippen LogP contribution in [-0.4, -0.2) is 26.2 Å². The highest BCUT2D eigenvalue weighted by Gasteiger charge is 2.31.